The highest BCUT2D eigenvalue weighted by Gasteiger charge is 2.23. The van der Waals surface area contributed by atoms with Crippen molar-refractivity contribution in [3.05, 3.63) is 112 Å². The van der Waals surface area contributed by atoms with Crippen LogP contribution in [0, 0.1) is 0 Å². The van der Waals surface area contributed by atoms with Crippen molar-refractivity contribution >= 4 is 28.9 Å². The number of hydrogen-bond donors (Lipinski definition) is 2. The Morgan fingerprint density at radius 1 is 0.903 bits per heavy atom. The van der Waals surface area contributed by atoms with Crippen LogP contribution in [0.5, 0.6) is 0 Å². The quantitative estimate of drug-likeness (QED) is 0.331. The molecule has 5 heteroatoms. The SMILES string of the molecule is O=C(Nc1cccc(CNc2ccnc(Cl)c2)c1)c1cccc2c1Cc1ccccc1-2. The van der Waals surface area contributed by atoms with Crippen molar-refractivity contribution in [2.75, 3.05) is 10.6 Å². The number of carbonyl (C=O) groups is 1. The Kier molecular flexibility index (Phi) is 5.14. The Labute approximate surface area is 185 Å². The Balaban J connectivity index is 1.32. The number of halogens is 1. The third kappa shape index (κ3) is 4.03. The second-order valence-corrected chi connectivity index (χ2v) is 7.93. The van der Waals surface area contributed by atoms with Crippen LogP contribution in [-0.2, 0) is 13.0 Å². The van der Waals surface area contributed by atoms with Crippen LogP contribution >= 0.6 is 11.6 Å². The van der Waals surface area contributed by atoms with E-state index in [1.807, 2.05) is 54.6 Å². The topological polar surface area (TPSA) is 54.0 Å². The van der Waals surface area contributed by atoms with Crippen LogP contribution < -0.4 is 10.6 Å². The number of anilines is 2. The number of nitrogens with zero attached hydrogens (tertiary/aromatic N) is 1. The molecule has 31 heavy (non-hydrogen) atoms. The van der Waals surface area contributed by atoms with Crippen LogP contribution in [0.3, 0.4) is 0 Å². The van der Waals surface area contributed by atoms with Gasteiger partial charge in [0.2, 0.25) is 0 Å². The van der Waals surface area contributed by atoms with Crippen molar-refractivity contribution in [1.29, 1.82) is 0 Å². The summed E-state index contributed by atoms with van der Waals surface area (Å²) >= 11 is 5.94. The molecule has 0 saturated carbocycles. The van der Waals surface area contributed by atoms with Gasteiger partial charge in [0.15, 0.2) is 0 Å². The summed E-state index contributed by atoms with van der Waals surface area (Å²) in [6, 6.07) is 25.8. The summed E-state index contributed by atoms with van der Waals surface area (Å²) in [4.78, 5) is 17.1. The maximum absolute atomic E-state index is 13.1. The van der Waals surface area contributed by atoms with Crippen molar-refractivity contribution < 1.29 is 4.79 Å². The van der Waals surface area contributed by atoms with E-state index in [2.05, 4.69) is 33.8 Å². The van der Waals surface area contributed by atoms with Gasteiger partial charge >= 0.3 is 0 Å². The van der Waals surface area contributed by atoms with Crippen LogP contribution in [0.25, 0.3) is 11.1 Å². The largest absolute Gasteiger partial charge is 0.381 e. The fourth-order valence-electron chi connectivity index (χ4n) is 4.04. The number of nitrogens with one attached hydrogen (secondary N) is 2. The van der Waals surface area contributed by atoms with Crippen LogP contribution in [0.1, 0.15) is 27.0 Å². The summed E-state index contributed by atoms with van der Waals surface area (Å²) in [5.41, 5.74) is 8.17. The minimum absolute atomic E-state index is 0.0873. The Hall–Kier alpha value is -3.63. The zero-order valence-electron chi connectivity index (χ0n) is 16.7. The van der Waals surface area contributed by atoms with E-state index in [1.165, 1.54) is 11.1 Å². The molecule has 0 spiro atoms. The molecule has 1 aliphatic carbocycles. The minimum atomic E-state index is -0.0873. The van der Waals surface area contributed by atoms with E-state index in [1.54, 1.807) is 12.3 Å². The molecule has 0 aliphatic heterocycles. The molecule has 1 heterocycles. The number of benzene rings is 3. The molecule has 2 N–H and O–H groups in total. The summed E-state index contributed by atoms with van der Waals surface area (Å²) in [6.07, 6.45) is 2.45. The standard InChI is InChI=1S/C26H20ClN3O/c27-25-15-19(11-12-28-25)29-16-17-5-3-7-20(13-17)30-26(31)23-10-4-9-22-21-8-2-1-6-18(21)14-24(22)23/h1-13,15H,14,16H2,(H,28,29)(H,30,31). The Morgan fingerprint density at radius 2 is 1.74 bits per heavy atom. The molecule has 5 rings (SSSR count). The first-order valence-electron chi connectivity index (χ1n) is 10.1. The first-order chi connectivity index (χ1) is 15.2. The smallest absolute Gasteiger partial charge is 0.255 e. The van der Waals surface area contributed by atoms with Crippen molar-refractivity contribution in [2.45, 2.75) is 13.0 Å². The first kappa shape index (κ1) is 19.3. The monoisotopic (exact) mass is 425 g/mol. The number of amides is 1. The zero-order valence-corrected chi connectivity index (χ0v) is 17.5. The van der Waals surface area contributed by atoms with Gasteiger partial charge in [0, 0.05) is 29.7 Å². The molecule has 0 bridgehead atoms. The summed E-state index contributed by atoms with van der Waals surface area (Å²) in [6.45, 7) is 0.611. The normalized spacial score (nSPS) is 11.5. The van der Waals surface area contributed by atoms with Crippen molar-refractivity contribution in [2.24, 2.45) is 0 Å². The van der Waals surface area contributed by atoms with Crippen molar-refractivity contribution in [3.63, 3.8) is 0 Å². The molecule has 0 radical (unpaired) electrons. The summed E-state index contributed by atoms with van der Waals surface area (Å²) < 4.78 is 0. The fraction of sp³-hybridized carbons (Fsp3) is 0.0769. The summed E-state index contributed by atoms with van der Waals surface area (Å²) in [5, 5.41) is 6.83. The van der Waals surface area contributed by atoms with Crippen molar-refractivity contribution in [3.8, 4) is 11.1 Å². The van der Waals surface area contributed by atoms with E-state index in [4.69, 9.17) is 11.6 Å². The molecular weight excluding hydrogens is 406 g/mol. The van der Waals surface area contributed by atoms with E-state index in [0.717, 1.165) is 40.0 Å². The molecule has 1 aromatic heterocycles. The summed E-state index contributed by atoms with van der Waals surface area (Å²) in [5.74, 6) is -0.0873. The molecular formula is C26H20ClN3O. The molecule has 152 valence electrons. The summed E-state index contributed by atoms with van der Waals surface area (Å²) in [7, 11) is 0. The Bertz CT molecular complexity index is 1290. The van der Waals surface area contributed by atoms with E-state index in [-0.39, 0.29) is 5.91 Å². The molecule has 1 aliphatic rings. The van der Waals surface area contributed by atoms with Crippen LogP contribution in [0.2, 0.25) is 5.15 Å². The van der Waals surface area contributed by atoms with Gasteiger partial charge in [-0.15, -0.1) is 0 Å². The number of fused-ring (bicyclic) bond motifs is 3. The van der Waals surface area contributed by atoms with Gasteiger partial charge in [-0.05, 0) is 64.6 Å². The maximum atomic E-state index is 13.1. The number of carbonyl (C=O) groups excluding carboxylic acids is 1. The lowest BCUT2D eigenvalue weighted by molar-refractivity contribution is 0.102. The highest BCUT2D eigenvalue weighted by molar-refractivity contribution is 6.29. The maximum Gasteiger partial charge on any atom is 0.255 e. The van der Waals surface area contributed by atoms with Gasteiger partial charge < -0.3 is 10.6 Å². The second-order valence-electron chi connectivity index (χ2n) is 7.54. The molecule has 4 nitrogen and oxygen atoms in total. The minimum Gasteiger partial charge on any atom is -0.381 e. The van der Waals surface area contributed by atoms with Gasteiger partial charge in [0.1, 0.15) is 5.15 Å². The third-order valence-corrected chi connectivity index (χ3v) is 5.71. The predicted molar refractivity (Wildman–Crippen MR) is 126 cm³/mol. The lowest BCUT2D eigenvalue weighted by atomic mass is 10.0. The van der Waals surface area contributed by atoms with Gasteiger partial charge in [-0.25, -0.2) is 4.98 Å². The molecule has 0 saturated heterocycles. The van der Waals surface area contributed by atoms with Crippen LogP contribution in [0.4, 0.5) is 11.4 Å². The lowest BCUT2D eigenvalue weighted by Gasteiger charge is -2.11. The highest BCUT2D eigenvalue weighted by atomic mass is 35.5. The van der Waals surface area contributed by atoms with E-state index < -0.39 is 0 Å². The van der Waals surface area contributed by atoms with Gasteiger partial charge in [-0.2, -0.15) is 0 Å². The van der Waals surface area contributed by atoms with Crippen molar-refractivity contribution in [1.82, 2.24) is 4.98 Å². The molecule has 0 atom stereocenters. The number of pyridine rings is 1. The molecule has 4 aromatic rings. The van der Waals surface area contributed by atoms with E-state index in [0.29, 0.717) is 11.7 Å². The van der Waals surface area contributed by atoms with Crippen LogP contribution in [-0.4, -0.2) is 10.9 Å². The molecule has 1 amide bonds. The predicted octanol–water partition coefficient (Wildman–Crippen LogP) is 6.17. The Morgan fingerprint density at radius 3 is 2.65 bits per heavy atom. The first-order valence-corrected chi connectivity index (χ1v) is 10.5. The number of aromatic nitrogens is 1. The van der Waals surface area contributed by atoms with E-state index >= 15 is 0 Å². The molecule has 0 unspecified atom stereocenters. The second kappa shape index (κ2) is 8.25. The van der Waals surface area contributed by atoms with Gasteiger partial charge in [-0.1, -0.05) is 60.1 Å². The third-order valence-electron chi connectivity index (χ3n) is 5.50. The lowest BCUT2D eigenvalue weighted by Crippen LogP contribution is -2.14. The number of rotatable bonds is 5. The van der Waals surface area contributed by atoms with Gasteiger partial charge in [0.25, 0.3) is 5.91 Å². The zero-order chi connectivity index (χ0) is 21.2. The fourth-order valence-corrected chi connectivity index (χ4v) is 4.22. The average Bonchev–Trinajstić information content (AvgIpc) is 3.17. The molecule has 0 fully saturated rings. The van der Waals surface area contributed by atoms with Gasteiger partial charge in [-0.3, -0.25) is 4.79 Å². The molecule has 3 aromatic carbocycles. The average molecular weight is 426 g/mol. The van der Waals surface area contributed by atoms with Gasteiger partial charge in [0.05, 0.1) is 0 Å². The highest BCUT2D eigenvalue weighted by Crippen LogP contribution is 2.38. The van der Waals surface area contributed by atoms with E-state index in [9.17, 15) is 4.79 Å². The van der Waals surface area contributed by atoms with Crippen LogP contribution in [0.15, 0.2) is 85.1 Å². The number of hydrogen-bond acceptors (Lipinski definition) is 3.